The zero-order chi connectivity index (χ0) is 15.8. The van der Waals surface area contributed by atoms with Gasteiger partial charge in [-0.15, -0.1) is 11.3 Å². The van der Waals surface area contributed by atoms with Crippen LogP contribution in [0.15, 0.2) is 18.5 Å². The average molecular weight is 329 g/mol. The predicted octanol–water partition coefficient (Wildman–Crippen LogP) is 2.08. The Hall–Kier alpha value is -2.02. The minimum absolute atomic E-state index is 0.125. The molecule has 2 aromatic heterocycles. The van der Waals surface area contributed by atoms with Gasteiger partial charge >= 0.3 is 0 Å². The lowest BCUT2D eigenvalue weighted by Gasteiger charge is -2.34. The van der Waals surface area contributed by atoms with E-state index in [0.717, 1.165) is 34.6 Å². The molecule has 1 aliphatic heterocycles. The topological polar surface area (TPSA) is 62.2 Å². The fraction of sp³-hybridized carbons (Fsp3) is 0.500. The van der Waals surface area contributed by atoms with E-state index in [1.165, 1.54) is 12.8 Å². The Balaban J connectivity index is 1.43. The molecule has 0 N–H and O–H groups in total. The summed E-state index contributed by atoms with van der Waals surface area (Å²) in [4.78, 5) is 30.8. The molecule has 0 radical (unpaired) electrons. The summed E-state index contributed by atoms with van der Waals surface area (Å²) in [6.45, 7) is 4.89. The molecule has 0 unspecified atom stereocenters. The predicted molar refractivity (Wildman–Crippen MR) is 89.0 cm³/mol. The van der Waals surface area contributed by atoms with E-state index in [1.807, 2.05) is 17.9 Å². The summed E-state index contributed by atoms with van der Waals surface area (Å²) in [6.07, 6.45) is 5.94. The van der Waals surface area contributed by atoms with Gasteiger partial charge in [0.15, 0.2) is 0 Å². The Morgan fingerprint density at radius 1 is 1.17 bits per heavy atom. The summed E-state index contributed by atoms with van der Waals surface area (Å²) in [5.74, 6) is 1.47. The van der Waals surface area contributed by atoms with E-state index in [1.54, 1.807) is 23.7 Å². The maximum absolute atomic E-state index is 12.8. The second kappa shape index (κ2) is 5.88. The third-order valence-corrected chi connectivity index (χ3v) is 5.64. The Morgan fingerprint density at radius 2 is 1.87 bits per heavy atom. The zero-order valence-corrected chi connectivity index (χ0v) is 13.9. The Morgan fingerprint density at radius 3 is 2.52 bits per heavy atom. The Labute approximate surface area is 139 Å². The number of carbonyl (C=O) groups excluding carboxylic acids is 1. The number of aromatic nitrogens is 3. The van der Waals surface area contributed by atoms with Gasteiger partial charge in [0.05, 0.1) is 10.7 Å². The van der Waals surface area contributed by atoms with Crippen LogP contribution < -0.4 is 4.90 Å². The highest BCUT2D eigenvalue weighted by Gasteiger charge is 2.31. The molecule has 1 amide bonds. The van der Waals surface area contributed by atoms with Gasteiger partial charge in [-0.25, -0.2) is 15.0 Å². The van der Waals surface area contributed by atoms with E-state index < -0.39 is 0 Å². The zero-order valence-electron chi connectivity index (χ0n) is 13.1. The van der Waals surface area contributed by atoms with Crippen molar-refractivity contribution in [2.45, 2.75) is 25.7 Å². The molecular weight excluding hydrogens is 310 g/mol. The van der Waals surface area contributed by atoms with Crippen LogP contribution in [0.5, 0.6) is 0 Å². The van der Waals surface area contributed by atoms with Gasteiger partial charge in [0.1, 0.15) is 4.88 Å². The standard InChI is InChI=1S/C16H19N5OS/c1-11-13(23-14(19-11)12-3-4-12)15(22)20-7-9-21(10-8-20)16-17-5-2-6-18-16/h2,5-6,12H,3-4,7-10H2,1H3. The van der Waals surface area contributed by atoms with E-state index in [9.17, 15) is 4.79 Å². The van der Waals surface area contributed by atoms with Crippen LogP contribution in [0.1, 0.15) is 39.1 Å². The molecule has 4 rings (SSSR count). The molecule has 7 heteroatoms. The van der Waals surface area contributed by atoms with E-state index in [2.05, 4.69) is 19.9 Å². The highest BCUT2D eigenvalue weighted by atomic mass is 32.1. The molecule has 0 aromatic carbocycles. The van der Waals surface area contributed by atoms with Crippen LogP contribution >= 0.6 is 11.3 Å². The highest BCUT2D eigenvalue weighted by Crippen LogP contribution is 2.42. The van der Waals surface area contributed by atoms with E-state index >= 15 is 0 Å². The van der Waals surface area contributed by atoms with Crippen molar-refractivity contribution in [2.24, 2.45) is 0 Å². The van der Waals surface area contributed by atoms with Gasteiger partial charge in [-0.1, -0.05) is 0 Å². The highest BCUT2D eigenvalue weighted by molar-refractivity contribution is 7.13. The first-order valence-electron chi connectivity index (χ1n) is 8.01. The number of amides is 1. The van der Waals surface area contributed by atoms with Crippen molar-refractivity contribution in [3.8, 4) is 0 Å². The van der Waals surface area contributed by atoms with Gasteiger partial charge in [0.2, 0.25) is 5.95 Å². The number of anilines is 1. The molecule has 0 spiro atoms. The second-order valence-corrected chi connectivity index (χ2v) is 7.10. The van der Waals surface area contributed by atoms with E-state index in [4.69, 9.17) is 0 Å². The third-order valence-electron chi connectivity index (χ3n) is 4.34. The molecular formula is C16H19N5OS. The van der Waals surface area contributed by atoms with Crippen LogP contribution in [0.25, 0.3) is 0 Å². The van der Waals surface area contributed by atoms with Crippen LogP contribution in [0, 0.1) is 6.92 Å². The number of carbonyl (C=O) groups is 1. The van der Waals surface area contributed by atoms with E-state index in [0.29, 0.717) is 19.0 Å². The monoisotopic (exact) mass is 329 g/mol. The quantitative estimate of drug-likeness (QED) is 0.863. The molecule has 1 saturated heterocycles. The number of rotatable bonds is 3. The van der Waals surface area contributed by atoms with Crippen molar-refractivity contribution in [3.05, 3.63) is 34.0 Å². The number of nitrogens with zero attached hydrogens (tertiary/aromatic N) is 5. The molecule has 23 heavy (non-hydrogen) atoms. The summed E-state index contributed by atoms with van der Waals surface area (Å²) in [5, 5.41) is 1.14. The third kappa shape index (κ3) is 2.93. The number of aryl methyl sites for hydroxylation is 1. The lowest BCUT2D eigenvalue weighted by molar-refractivity contribution is 0.0750. The summed E-state index contributed by atoms with van der Waals surface area (Å²) in [5.41, 5.74) is 0.885. The van der Waals surface area contributed by atoms with Crippen molar-refractivity contribution in [3.63, 3.8) is 0 Å². The van der Waals surface area contributed by atoms with Crippen molar-refractivity contribution in [2.75, 3.05) is 31.1 Å². The van der Waals surface area contributed by atoms with Crippen molar-refractivity contribution >= 4 is 23.2 Å². The van der Waals surface area contributed by atoms with Crippen molar-refractivity contribution in [1.29, 1.82) is 0 Å². The molecule has 2 fully saturated rings. The molecule has 0 bridgehead atoms. The summed E-state index contributed by atoms with van der Waals surface area (Å²) < 4.78 is 0. The Bertz CT molecular complexity index is 705. The maximum atomic E-state index is 12.8. The maximum Gasteiger partial charge on any atom is 0.265 e. The van der Waals surface area contributed by atoms with Gasteiger partial charge in [-0.05, 0) is 25.8 Å². The fourth-order valence-corrected chi connectivity index (χ4v) is 4.03. The van der Waals surface area contributed by atoms with E-state index in [-0.39, 0.29) is 5.91 Å². The first kappa shape index (κ1) is 14.6. The molecule has 0 atom stereocenters. The largest absolute Gasteiger partial charge is 0.337 e. The normalized spacial score (nSPS) is 18.3. The van der Waals surface area contributed by atoms with Crippen LogP contribution in [0.2, 0.25) is 0 Å². The lowest BCUT2D eigenvalue weighted by Crippen LogP contribution is -2.49. The van der Waals surface area contributed by atoms with Crippen molar-refractivity contribution < 1.29 is 4.79 Å². The van der Waals surface area contributed by atoms with Crippen molar-refractivity contribution in [1.82, 2.24) is 19.9 Å². The first-order valence-corrected chi connectivity index (χ1v) is 8.82. The Kier molecular flexibility index (Phi) is 3.72. The molecule has 2 aliphatic rings. The molecule has 3 heterocycles. The minimum Gasteiger partial charge on any atom is -0.337 e. The molecule has 2 aromatic rings. The SMILES string of the molecule is Cc1nc(C2CC2)sc1C(=O)N1CCN(c2ncccn2)CC1. The number of hydrogen-bond acceptors (Lipinski definition) is 6. The molecule has 1 saturated carbocycles. The van der Waals surface area contributed by atoms with Crippen LogP contribution in [0.3, 0.4) is 0 Å². The smallest absolute Gasteiger partial charge is 0.265 e. The number of thiazole rings is 1. The fourth-order valence-electron chi connectivity index (χ4n) is 2.83. The van der Waals surface area contributed by atoms with Crippen LogP contribution in [-0.2, 0) is 0 Å². The summed E-state index contributed by atoms with van der Waals surface area (Å²) in [7, 11) is 0. The van der Waals surface area contributed by atoms with Gasteiger partial charge in [-0.3, -0.25) is 4.79 Å². The minimum atomic E-state index is 0.125. The van der Waals surface area contributed by atoms with Gasteiger partial charge in [0.25, 0.3) is 5.91 Å². The summed E-state index contributed by atoms with van der Waals surface area (Å²) >= 11 is 1.59. The molecule has 1 aliphatic carbocycles. The van der Waals surface area contributed by atoms with Crippen LogP contribution in [-0.4, -0.2) is 51.9 Å². The van der Waals surface area contributed by atoms with Gasteiger partial charge < -0.3 is 9.80 Å². The van der Waals surface area contributed by atoms with Crippen LogP contribution in [0.4, 0.5) is 5.95 Å². The van der Waals surface area contributed by atoms with Gasteiger partial charge in [0, 0.05) is 44.5 Å². The second-order valence-electron chi connectivity index (χ2n) is 6.07. The molecule has 6 nitrogen and oxygen atoms in total. The summed E-state index contributed by atoms with van der Waals surface area (Å²) in [6, 6.07) is 1.81. The number of piperazine rings is 1. The van der Waals surface area contributed by atoms with Gasteiger partial charge in [-0.2, -0.15) is 0 Å². The number of hydrogen-bond donors (Lipinski definition) is 0. The first-order chi connectivity index (χ1) is 11.2. The lowest BCUT2D eigenvalue weighted by atomic mass is 10.3. The average Bonchev–Trinajstić information content (AvgIpc) is 3.38. The molecule has 120 valence electrons.